The van der Waals surface area contributed by atoms with Crippen LogP contribution in [0.15, 0.2) is 69.0 Å². The lowest BCUT2D eigenvalue weighted by atomic mass is 10.2. The van der Waals surface area contributed by atoms with Gasteiger partial charge in [-0.25, -0.2) is 4.98 Å². The molecule has 2 aromatic carbocycles. The van der Waals surface area contributed by atoms with Crippen molar-refractivity contribution < 1.29 is 9.21 Å². The van der Waals surface area contributed by atoms with Crippen molar-refractivity contribution in [3.63, 3.8) is 0 Å². The van der Waals surface area contributed by atoms with Gasteiger partial charge in [0, 0.05) is 11.9 Å². The van der Waals surface area contributed by atoms with Gasteiger partial charge in [0.25, 0.3) is 5.56 Å². The molecular formula is C23H23N3O3S. The van der Waals surface area contributed by atoms with Crippen molar-refractivity contribution in [3.8, 4) is 0 Å². The summed E-state index contributed by atoms with van der Waals surface area (Å²) < 4.78 is 7.48. The molecular weight excluding hydrogens is 398 g/mol. The quantitative estimate of drug-likeness (QED) is 0.351. The van der Waals surface area contributed by atoms with Crippen LogP contribution in [0.1, 0.15) is 32.1 Å². The minimum atomic E-state index is -0.257. The minimum Gasteiger partial charge on any atom is -0.459 e. The first kappa shape index (κ1) is 20.2. The van der Waals surface area contributed by atoms with Crippen LogP contribution in [0, 0.1) is 0 Å². The van der Waals surface area contributed by atoms with E-state index in [9.17, 15) is 9.59 Å². The van der Waals surface area contributed by atoms with Crippen LogP contribution in [0.5, 0.6) is 0 Å². The summed E-state index contributed by atoms with van der Waals surface area (Å²) in [5.41, 5.74) is 1.38. The van der Waals surface area contributed by atoms with Crippen LogP contribution in [0.3, 0.4) is 0 Å². The smallest absolute Gasteiger partial charge is 0.262 e. The van der Waals surface area contributed by atoms with Gasteiger partial charge in [-0.05, 0) is 37.6 Å². The van der Waals surface area contributed by atoms with Gasteiger partial charge in [0.05, 0.1) is 22.7 Å². The standard InChI is InChI=1S/C23H23N3O3S/c1-3-12-26-22(28)17-9-5-6-10-18(17)25-23(26)30-14-21(27)24-15(2)20-13-16-8-4-7-11-19(16)29-20/h4-11,13,15H,3,12,14H2,1-2H3,(H,24,27)/t15-/m0/s1. The van der Waals surface area contributed by atoms with Gasteiger partial charge in [0.2, 0.25) is 5.91 Å². The number of para-hydroxylation sites is 2. The van der Waals surface area contributed by atoms with E-state index in [4.69, 9.17) is 4.42 Å². The number of thioether (sulfide) groups is 1. The Balaban J connectivity index is 1.48. The van der Waals surface area contributed by atoms with Gasteiger partial charge in [-0.3, -0.25) is 14.2 Å². The van der Waals surface area contributed by atoms with Crippen LogP contribution >= 0.6 is 11.8 Å². The van der Waals surface area contributed by atoms with E-state index in [0.29, 0.717) is 28.4 Å². The van der Waals surface area contributed by atoms with Crippen LogP contribution in [-0.4, -0.2) is 21.2 Å². The van der Waals surface area contributed by atoms with Crippen LogP contribution in [0.2, 0.25) is 0 Å². The van der Waals surface area contributed by atoms with Crippen molar-refractivity contribution in [2.45, 2.75) is 38.0 Å². The number of nitrogens with zero attached hydrogens (tertiary/aromatic N) is 2. The average molecular weight is 422 g/mol. The Bertz CT molecular complexity index is 1230. The molecule has 154 valence electrons. The molecule has 2 heterocycles. The number of furan rings is 1. The number of carbonyl (C=O) groups is 1. The molecule has 1 N–H and O–H groups in total. The van der Waals surface area contributed by atoms with Gasteiger partial charge in [0.1, 0.15) is 11.3 Å². The fourth-order valence-corrected chi connectivity index (χ4v) is 4.22. The highest BCUT2D eigenvalue weighted by Crippen LogP contribution is 2.24. The first-order valence-corrected chi connectivity index (χ1v) is 11.0. The molecule has 30 heavy (non-hydrogen) atoms. The van der Waals surface area contributed by atoms with Crippen LogP contribution in [-0.2, 0) is 11.3 Å². The van der Waals surface area contributed by atoms with Gasteiger partial charge in [-0.15, -0.1) is 0 Å². The number of carbonyl (C=O) groups excluding carboxylic acids is 1. The number of nitrogens with one attached hydrogen (secondary N) is 1. The second kappa shape index (κ2) is 8.75. The maximum absolute atomic E-state index is 12.8. The highest BCUT2D eigenvalue weighted by Gasteiger charge is 2.16. The third-order valence-electron chi connectivity index (χ3n) is 4.86. The molecule has 0 unspecified atom stereocenters. The van der Waals surface area contributed by atoms with Crippen molar-refractivity contribution in [2.24, 2.45) is 0 Å². The maximum atomic E-state index is 12.8. The molecule has 0 aliphatic carbocycles. The Morgan fingerprint density at radius 2 is 1.97 bits per heavy atom. The molecule has 4 rings (SSSR count). The van der Waals surface area contributed by atoms with Crippen molar-refractivity contribution in [3.05, 3.63) is 70.7 Å². The normalized spacial score (nSPS) is 12.3. The Kier molecular flexibility index (Phi) is 5.90. The minimum absolute atomic E-state index is 0.0685. The number of hydrogen-bond donors (Lipinski definition) is 1. The largest absolute Gasteiger partial charge is 0.459 e. The van der Waals surface area contributed by atoms with E-state index >= 15 is 0 Å². The lowest BCUT2D eigenvalue weighted by molar-refractivity contribution is -0.119. The number of amides is 1. The molecule has 0 saturated carbocycles. The molecule has 6 nitrogen and oxygen atoms in total. The highest BCUT2D eigenvalue weighted by molar-refractivity contribution is 7.99. The monoisotopic (exact) mass is 421 g/mol. The predicted octanol–water partition coefficient (Wildman–Crippen LogP) is 4.52. The highest BCUT2D eigenvalue weighted by atomic mass is 32.2. The number of aromatic nitrogens is 2. The van der Waals surface area contributed by atoms with Gasteiger partial charge in [-0.2, -0.15) is 0 Å². The lowest BCUT2D eigenvalue weighted by Gasteiger charge is -2.14. The Hall–Kier alpha value is -3.06. The van der Waals surface area contributed by atoms with Crippen molar-refractivity contribution in [1.82, 2.24) is 14.9 Å². The molecule has 0 saturated heterocycles. The SMILES string of the molecule is CCCn1c(SCC(=O)N[C@@H](C)c2cc3ccccc3o2)nc2ccccc2c1=O. The molecule has 0 aliphatic heterocycles. The van der Waals surface area contributed by atoms with Crippen LogP contribution in [0.25, 0.3) is 21.9 Å². The lowest BCUT2D eigenvalue weighted by Crippen LogP contribution is -2.29. The molecule has 0 radical (unpaired) electrons. The topological polar surface area (TPSA) is 77.1 Å². The molecule has 2 aromatic heterocycles. The van der Waals surface area contributed by atoms with Crippen molar-refractivity contribution >= 4 is 39.5 Å². The molecule has 4 aromatic rings. The summed E-state index contributed by atoms with van der Waals surface area (Å²) in [7, 11) is 0. The molecule has 1 amide bonds. The summed E-state index contributed by atoms with van der Waals surface area (Å²) in [6, 6.07) is 16.7. The number of benzene rings is 2. The molecule has 0 spiro atoms. The summed E-state index contributed by atoms with van der Waals surface area (Å²) in [4.78, 5) is 30.0. The van der Waals surface area contributed by atoms with Crippen molar-refractivity contribution in [2.75, 3.05) is 5.75 Å². The van der Waals surface area contributed by atoms with E-state index in [1.54, 1.807) is 10.6 Å². The summed E-state index contributed by atoms with van der Waals surface area (Å²) in [5.74, 6) is 0.735. The zero-order chi connectivity index (χ0) is 21.1. The molecule has 7 heteroatoms. The van der Waals surface area contributed by atoms with Gasteiger partial charge in [0.15, 0.2) is 5.16 Å². The number of hydrogen-bond acceptors (Lipinski definition) is 5. The van der Waals surface area contributed by atoms with E-state index in [2.05, 4.69) is 10.3 Å². The van der Waals surface area contributed by atoms with E-state index in [-0.39, 0.29) is 23.3 Å². The fraction of sp³-hybridized carbons (Fsp3) is 0.261. The first-order valence-electron chi connectivity index (χ1n) is 9.97. The summed E-state index contributed by atoms with van der Waals surface area (Å²) in [6.45, 7) is 4.47. The third-order valence-corrected chi connectivity index (χ3v) is 5.83. The Morgan fingerprint density at radius 3 is 2.77 bits per heavy atom. The number of fused-ring (bicyclic) bond motifs is 2. The van der Waals surface area contributed by atoms with E-state index in [1.165, 1.54) is 11.8 Å². The van der Waals surface area contributed by atoms with Gasteiger partial charge < -0.3 is 9.73 Å². The van der Waals surface area contributed by atoms with Crippen molar-refractivity contribution in [1.29, 1.82) is 0 Å². The first-order chi connectivity index (χ1) is 14.6. The fourth-order valence-electron chi connectivity index (χ4n) is 3.38. The van der Waals surface area contributed by atoms with Crippen LogP contribution < -0.4 is 10.9 Å². The van der Waals surface area contributed by atoms with Crippen LogP contribution in [0.4, 0.5) is 0 Å². The molecule has 0 aliphatic rings. The van der Waals surface area contributed by atoms with E-state index in [0.717, 1.165) is 17.4 Å². The summed E-state index contributed by atoms with van der Waals surface area (Å²) >= 11 is 1.28. The summed E-state index contributed by atoms with van der Waals surface area (Å²) in [6.07, 6.45) is 0.808. The summed E-state index contributed by atoms with van der Waals surface area (Å²) in [5, 5.41) is 5.13. The van der Waals surface area contributed by atoms with E-state index in [1.807, 2.05) is 62.4 Å². The third kappa shape index (κ3) is 4.11. The molecule has 1 atom stereocenters. The second-order valence-electron chi connectivity index (χ2n) is 7.13. The van der Waals surface area contributed by atoms with Gasteiger partial charge >= 0.3 is 0 Å². The zero-order valence-corrected chi connectivity index (χ0v) is 17.7. The Labute approximate surface area is 178 Å². The molecule has 0 bridgehead atoms. The zero-order valence-electron chi connectivity index (χ0n) is 16.9. The Morgan fingerprint density at radius 1 is 1.20 bits per heavy atom. The van der Waals surface area contributed by atoms with Gasteiger partial charge in [-0.1, -0.05) is 49.0 Å². The number of rotatable bonds is 7. The molecule has 0 fully saturated rings. The second-order valence-corrected chi connectivity index (χ2v) is 8.08. The predicted molar refractivity (Wildman–Crippen MR) is 120 cm³/mol. The van der Waals surface area contributed by atoms with E-state index < -0.39 is 0 Å². The average Bonchev–Trinajstić information content (AvgIpc) is 3.19. The maximum Gasteiger partial charge on any atom is 0.262 e.